The van der Waals surface area contributed by atoms with Crippen LogP contribution in [0.15, 0.2) is 10.9 Å². The Morgan fingerprint density at radius 1 is 1.20 bits per heavy atom. The maximum atomic E-state index is 13.2. The molecule has 0 bridgehead atoms. The lowest BCUT2D eigenvalue weighted by molar-refractivity contribution is -0.0695. The third-order valence-electron chi connectivity index (χ3n) is 7.55. The van der Waals surface area contributed by atoms with Crippen LogP contribution in [0.1, 0.15) is 53.7 Å². The highest BCUT2D eigenvalue weighted by atomic mass is 16.5. The van der Waals surface area contributed by atoms with Crippen LogP contribution >= 0.6 is 0 Å². The van der Waals surface area contributed by atoms with E-state index < -0.39 is 0 Å². The largest absolute Gasteiger partial charge is 0.392 e. The topological polar surface area (TPSA) is 75.0 Å². The lowest BCUT2D eigenvalue weighted by Gasteiger charge is -2.51. The Kier molecular flexibility index (Phi) is 6.06. The fourth-order valence-corrected chi connectivity index (χ4v) is 5.67. The van der Waals surface area contributed by atoms with Gasteiger partial charge < -0.3 is 19.3 Å². The van der Waals surface area contributed by atoms with Crippen molar-refractivity contribution in [1.29, 1.82) is 0 Å². The normalized spacial score (nSPS) is 25.6. The van der Waals surface area contributed by atoms with Crippen molar-refractivity contribution in [2.24, 2.45) is 12.5 Å². The Morgan fingerprint density at radius 2 is 1.87 bits per heavy atom. The van der Waals surface area contributed by atoms with Gasteiger partial charge in [-0.1, -0.05) is 0 Å². The van der Waals surface area contributed by atoms with E-state index in [1.807, 2.05) is 24.8 Å². The van der Waals surface area contributed by atoms with E-state index in [2.05, 4.69) is 4.90 Å². The average molecular weight is 418 g/mol. The number of nitrogens with zero attached hydrogens (tertiary/aromatic N) is 3. The molecule has 1 aromatic rings. The summed E-state index contributed by atoms with van der Waals surface area (Å²) in [6.45, 7) is 8.35. The molecule has 1 N–H and O–H groups in total. The van der Waals surface area contributed by atoms with Crippen molar-refractivity contribution in [3.63, 3.8) is 0 Å². The summed E-state index contributed by atoms with van der Waals surface area (Å²) in [6, 6.07) is 2.40. The van der Waals surface area contributed by atoms with Gasteiger partial charge >= 0.3 is 0 Å². The van der Waals surface area contributed by atoms with Gasteiger partial charge in [-0.15, -0.1) is 0 Å². The van der Waals surface area contributed by atoms with Gasteiger partial charge in [0.25, 0.3) is 11.5 Å². The van der Waals surface area contributed by atoms with Crippen molar-refractivity contribution in [1.82, 2.24) is 14.4 Å². The number of hydrogen-bond donors (Lipinski definition) is 1. The predicted octanol–water partition coefficient (Wildman–Crippen LogP) is 1.47. The summed E-state index contributed by atoms with van der Waals surface area (Å²) in [6.07, 6.45) is 4.31. The SMILES string of the molecule is Cc1cc(C)n(C)c(=O)c1C(=O)N1CCC2(CC1)CC(O)CN(C1CCOCC1)C2. The summed E-state index contributed by atoms with van der Waals surface area (Å²) < 4.78 is 7.06. The van der Waals surface area contributed by atoms with Gasteiger partial charge in [-0.05, 0) is 63.0 Å². The quantitative estimate of drug-likeness (QED) is 0.789. The van der Waals surface area contributed by atoms with E-state index in [4.69, 9.17) is 4.74 Å². The number of aryl methyl sites for hydroxylation is 2. The van der Waals surface area contributed by atoms with Crippen LogP contribution in [0.3, 0.4) is 0 Å². The monoisotopic (exact) mass is 417 g/mol. The number of aliphatic hydroxyl groups is 1. The van der Waals surface area contributed by atoms with Gasteiger partial charge in [0.05, 0.1) is 6.10 Å². The third-order valence-corrected chi connectivity index (χ3v) is 7.55. The smallest absolute Gasteiger partial charge is 0.263 e. The molecular formula is C23H35N3O4. The number of carbonyl (C=O) groups excluding carboxylic acids is 1. The number of pyridine rings is 1. The summed E-state index contributed by atoms with van der Waals surface area (Å²) in [7, 11) is 1.72. The fourth-order valence-electron chi connectivity index (χ4n) is 5.67. The van der Waals surface area contributed by atoms with Crippen molar-refractivity contribution < 1.29 is 14.6 Å². The van der Waals surface area contributed by atoms with Crippen LogP contribution in [-0.2, 0) is 11.8 Å². The maximum absolute atomic E-state index is 13.2. The molecule has 166 valence electrons. The fraction of sp³-hybridized carbons (Fsp3) is 0.739. The zero-order valence-electron chi connectivity index (χ0n) is 18.5. The average Bonchev–Trinajstić information content (AvgIpc) is 2.72. The number of ether oxygens (including phenoxy) is 1. The predicted molar refractivity (Wildman–Crippen MR) is 115 cm³/mol. The highest BCUT2D eigenvalue weighted by molar-refractivity contribution is 5.95. The number of hydrogen-bond acceptors (Lipinski definition) is 5. The van der Waals surface area contributed by atoms with Gasteiger partial charge in [-0.25, -0.2) is 0 Å². The van der Waals surface area contributed by atoms with E-state index in [0.29, 0.717) is 24.7 Å². The molecule has 3 aliphatic heterocycles. The number of aromatic nitrogens is 1. The van der Waals surface area contributed by atoms with Crippen LogP contribution in [0.4, 0.5) is 0 Å². The molecule has 1 unspecified atom stereocenters. The molecule has 7 heteroatoms. The zero-order chi connectivity index (χ0) is 21.5. The summed E-state index contributed by atoms with van der Waals surface area (Å²) in [5, 5.41) is 10.6. The molecule has 3 fully saturated rings. The highest BCUT2D eigenvalue weighted by Crippen LogP contribution is 2.41. The second-order valence-electron chi connectivity index (χ2n) is 9.63. The molecule has 0 aromatic carbocycles. The van der Waals surface area contributed by atoms with E-state index in [1.54, 1.807) is 11.6 Å². The second kappa shape index (κ2) is 8.44. The number of β-amino-alcohol motifs (C(OH)–C–C–N with tert-alkyl or cyclic N) is 1. The van der Waals surface area contributed by atoms with Gasteiger partial charge in [-0.3, -0.25) is 14.5 Å². The molecular weight excluding hydrogens is 382 g/mol. The molecule has 3 saturated heterocycles. The van der Waals surface area contributed by atoms with Crippen LogP contribution in [-0.4, -0.2) is 76.9 Å². The van der Waals surface area contributed by atoms with Crippen LogP contribution in [0.2, 0.25) is 0 Å². The first kappa shape index (κ1) is 21.5. The first-order valence-corrected chi connectivity index (χ1v) is 11.3. The molecule has 0 radical (unpaired) electrons. The molecule has 4 rings (SSSR count). The van der Waals surface area contributed by atoms with Crippen molar-refractivity contribution in [2.75, 3.05) is 39.4 Å². The van der Waals surface area contributed by atoms with Gasteiger partial charge in [-0.2, -0.15) is 0 Å². The highest BCUT2D eigenvalue weighted by Gasteiger charge is 2.44. The number of likely N-dealkylation sites (tertiary alicyclic amines) is 2. The van der Waals surface area contributed by atoms with Crippen LogP contribution in [0.25, 0.3) is 0 Å². The van der Waals surface area contributed by atoms with Crippen LogP contribution in [0, 0.1) is 19.3 Å². The minimum atomic E-state index is -0.310. The van der Waals surface area contributed by atoms with Gasteiger partial charge in [0, 0.05) is 58.2 Å². The standard InChI is InChI=1S/C23H35N3O4/c1-16-12-17(2)24(3)21(28)20(16)22(29)25-8-6-23(7-9-25)13-19(27)14-26(15-23)18-4-10-30-11-5-18/h12,18-19,27H,4-11,13-15H2,1-3H3. The van der Waals surface area contributed by atoms with Crippen LogP contribution in [0.5, 0.6) is 0 Å². The number of amides is 1. The molecule has 0 aliphatic carbocycles. The van der Waals surface area contributed by atoms with Crippen LogP contribution < -0.4 is 5.56 Å². The number of rotatable bonds is 2. The Bertz CT molecular complexity index is 851. The maximum Gasteiger partial charge on any atom is 0.263 e. The van der Waals surface area contributed by atoms with E-state index >= 15 is 0 Å². The molecule has 3 aliphatic rings. The first-order valence-electron chi connectivity index (χ1n) is 11.3. The molecule has 1 atom stereocenters. The summed E-state index contributed by atoms with van der Waals surface area (Å²) >= 11 is 0. The van der Waals surface area contributed by atoms with Crippen molar-refractivity contribution >= 4 is 5.91 Å². The van der Waals surface area contributed by atoms with Gasteiger partial charge in [0.2, 0.25) is 0 Å². The molecule has 1 amide bonds. The van der Waals surface area contributed by atoms with E-state index in [9.17, 15) is 14.7 Å². The van der Waals surface area contributed by atoms with Crippen molar-refractivity contribution in [3.8, 4) is 0 Å². The molecule has 0 saturated carbocycles. The van der Waals surface area contributed by atoms with E-state index in [1.165, 1.54) is 0 Å². The van der Waals surface area contributed by atoms with E-state index in [0.717, 1.165) is 69.7 Å². The number of piperidine rings is 2. The number of aliphatic hydroxyl groups excluding tert-OH is 1. The summed E-state index contributed by atoms with van der Waals surface area (Å²) in [4.78, 5) is 30.2. The Morgan fingerprint density at radius 3 is 2.53 bits per heavy atom. The molecule has 30 heavy (non-hydrogen) atoms. The Labute approximate surface area is 178 Å². The van der Waals surface area contributed by atoms with E-state index in [-0.39, 0.29) is 23.0 Å². The minimum absolute atomic E-state index is 0.0556. The minimum Gasteiger partial charge on any atom is -0.392 e. The Balaban J connectivity index is 1.46. The molecule has 7 nitrogen and oxygen atoms in total. The van der Waals surface area contributed by atoms with Gasteiger partial charge in [0.15, 0.2) is 0 Å². The summed E-state index contributed by atoms with van der Waals surface area (Å²) in [5.74, 6) is -0.152. The zero-order valence-corrected chi connectivity index (χ0v) is 18.5. The lowest BCUT2D eigenvalue weighted by Crippen LogP contribution is -2.57. The molecule has 1 spiro atoms. The second-order valence-corrected chi connectivity index (χ2v) is 9.63. The Hall–Kier alpha value is -1.70. The third kappa shape index (κ3) is 4.07. The first-order chi connectivity index (χ1) is 14.3. The number of carbonyl (C=O) groups is 1. The van der Waals surface area contributed by atoms with Crippen molar-refractivity contribution in [3.05, 3.63) is 33.2 Å². The molecule has 4 heterocycles. The van der Waals surface area contributed by atoms with Crippen molar-refractivity contribution in [2.45, 2.75) is 58.1 Å². The summed E-state index contributed by atoms with van der Waals surface area (Å²) in [5.41, 5.74) is 1.75. The lowest BCUT2D eigenvalue weighted by atomic mass is 9.71. The molecule has 1 aromatic heterocycles. The van der Waals surface area contributed by atoms with Gasteiger partial charge in [0.1, 0.15) is 5.56 Å².